The number of hydrogen-bond acceptors (Lipinski definition) is 5. The summed E-state index contributed by atoms with van der Waals surface area (Å²) in [6.07, 6.45) is 2.47. The lowest BCUT2D eigenvalue weighted by atomic mass is 10.2. The van der Waals surface area contributed by atoms with E-state index >= 15 is 0 Å². The second-order valence-corrected chi connectivity index (χ2v) is 6.78. The van der Waals surface area contributed by atoms with Crippen molar-refractivity contribution in [3.63, 3.8) is 0 Å². The minimum absolute atomic E-state index is 0.0877. The molecule has 118 valence electrons. The first-order chi connectivity index (χ1) is 10.0. The van der Waals surface area contributed by atoms with Gasteiger partial charge in [-0.2, -0.15) is 0 Å². The molecule has 1 aromatic carbocycles. The largest absolute Gasteiger partial charge is 0.496 e. The fourth-order valence-electron chi connectivity index (χ4n) is 2.66. The normalized spacial score (nSPS) is 22.4. The average molecular weight is 315 g/mol. The Kier molecular flexibility index (Phi) is 5.21. The molecule has 0 amide bonds. The van der Waals surface area contributed by atoms with E-state index in [1.165, 1.54) is 19.2 Å². The topological polar surface area (TPSA) is 84.9 Å². The van der Waals surface area contributed by atoms with Gasteiger partial charge in [0.1, 0.15) is 5.75 Å². The molecule has 1 fully saturated rings. The summed E-state index contributed by atoms with van der Waals surface area (Å²) in [4.78, 5) is 0.120. The van der Waals surface area contributed by atoms with Crippen LogP contribution >= 0.6 is 0 Å². The lowest BCUT2D eigenvalue weighted by Gasteiger charge is -2.20. The fourth-order valence-corrected chi connectivity index (χ4v) is 4.00. The van der Waals surface area contributed by atoms with Gasteiger partial charge in [-0.15, -0.1) is 0 Å². The maximum absolute atomic E-state index is 12.4. The fraction of sp³-hybridized carbons (Fsp3) is 0.571. The summed E-state index contributed by atoms with van der Waals surface area (Å²) in [6, 6.07) is 4.23. The Morgan fingerprint density at radius 1 is 1.33 bits per heavy atom. The molecule has 1 aromatic rings. The number of sulfonamides is 1. The molecule has 7 heteroatoms. The standard InChI is InChI=1S/C14H21NO5S/c1-19-13-7-6-11(8-10(13)9-16)21(17,18)15-12-4-3-5-14(12)20-2/h6-8,12,14-16H,3-5,9H2,1-2H3. The van der Waals surface area contributed by atoms with Crippen LogP contribution < -0.4 is 9.46 Å². The van der Waals surface area contributed by atoms with Crippen molar-refractivity contribution in [1.82, 2.24) is 4.72 Å². The van der Waals surface area contributed by atoms with Crippen LogP contribution in [0.15, 0.2) is 23.1 Å². The molecule has 2 atom stereocenters. The maximum atomic E-state index is 12.4. The molecule has 21 heavy (non-hydrogen) atoms. The Bertz CT molecular complexity index is 587. The van der Waals surface area contributed by atoms with Crippen LogP contribution in [0.25, 0.3) is 0 Å². The van der Waals surface area contributed by atoms with Crippen LogP contribution in [0.3, 0.4) is 0 Å². The highest BCUT2D eigenvalue weighted by molar-refractivity contribution is 7.89. The molecule has 1 saturated carbocycles. The van der Waals surface area contributed by atoms with E-state index in [-0.39, 0.29) is 23.6 Å². The van der Waals surface area contributed by atoms with Crippen LogP contribution in [0, 0.1) is 0 Å². The number of aliphatic hydroxyl groups excluding tert-OH is 1. The molecule has 1 aliphatic rings. The Hall–Kier alpha value is -1.15. The summed E-state index contributed by atoms with van der Waals surface area (Å²) in [7, 11) is -0.574. The van der Waals surface area contributed by atoms with Gasteiger partial charge in [0.2, 0.25) is 10.0 Å². The number of ether oxygens (including phenoxy) is 2. The van der Waals surface area contributed by atoms with Crippen LogP contribution in [-0.2, 0) is 21.4 Å². The quantitative estimate of drug-likeness (QED) is 0.819. The van der Waals surface area contributed by atoms with Crippen LogP contribution in [0.5, 0.6) is 5.75 Å². The highest BCUT2D eigenvalue weighted by Crippen LogP contribution is 2.26. The molecule has 2 N–H and O–H groups in total. The molecule has 0 heterocycles. The Balaban J connectivity index is 2.23. The summed E-state index contributed by atoms with van der Waals surface area (Å²) in [5.41, 5.74) is 0.440. The highest BCUT2D eigenvalue weighted by atomic mass is 32.2. The second kappa shape index (κ2) is 6.74. The van der Waals surface area contributed by atoms with E-state index in [4.69, 9.17) is 9.47 Å². The van der Waals surface area contributed by atoms with Crippen molar-refractivity contribution in [2.45, 2.75) is 42.9 Å². The number of hydrogen-bond donors (Lipinski definition) is 2. The predicted molar refractivity (Wildman–Crippen MR) is 77.7 cm³/mol. The van der Waals surface area contributed by atoms with Crippen molar-refractivity contribution >= 4 is 10.0 Å². The summed E-state index contributed by atoms with van der Waals surface area (Å²) in [6.45, 7) is -0.281. The first-order valence-corrected chi connectivity index (χ1v) is 8.33. The molecule has 1 aliphatic carbocycles. The molecule has 2 rings (SSSR count). The lowest BCUT2D eigenvalue weighted by Crippen LogP contribution is -2.40. The first-order valence-electron chi connectivity index (χ1n) is 6.84. The SMILES string of the molecule is COc1ccc(S(=O)(=O)NC2CCCC2OC)cc1CO. The molecule has 0 aromatic heterocycles. The molecule has 6 nitrogen and oxygen atoms in total. The molecule has 0 bridgehead atoms. The predicted octanol–water partition coefficient (Wildman–Crippen LogP) is 1.03. The van der Waals surface area contributed by atoms with Gasteiger partial charge in [-0.3, -0.25) is 0 Å². The van der Waals surface area contributed by atoms with Crippen LogP contribution in [-0.4, -0.2) is 39.9 Å². The lowest BCUT2D eigenvalue weighted by molar-refractivity contribution is 0.0916. The van der Waals surface area contributed by atoms with Gasteiger partial charge in [-0.05, 0) is 37.5 Å². The highest BCUT2D eigenvalue weighted by Gasteiger charge is 2.31. The van der Waals surface area contributed by atoms with Gasteiger partial charge in [0.05, 0.1) is 24.7 Å². The van der Waals surface area contributed by atoms with Crippen LogP contribution in [0.2, 0.25) is 0 Å². The molecule has 2 unspecified atom stereocenters. The number of aliphatic hydroxyl groups is 1. The number of benzene rings is 1. The molecule has 0 aliphatic heterocycles. The first kappa shape index (κ1) is 16.2. The third-order valence-electron chi connectivity index (χ3n) is 3.79. The third-order valence-corrected chi connectivity index (χ3v) is 5.28. The Morgan fingerprint density at radius 2 is 2.10 bits per heavy atom. The van der Waals surface area contributed by atoms with Crippen molar-refractivity contribution in [1.29, 1.82) is 0 Å². The zero-order valence-electron chi connectivity index (χ0n) is 12.2. The summed E-state index contributed by atoms with van der Waals surface area (Å²) >= 11 is 0. The summed E-state index contributed by atoms with van der Waals surface area (Å²) in [5, 5.41) is 9.29. The van der Waals surface area contributed by atoms with Crippen molar-refractivity contribution in [2.24, 2.45) is 0 Å². The zero-order valence-corrected chi connectivity index (χ0v) is 13.0. The number of nitrogens with one attached hydrogen (secondary N) is 1. The van der Waals surface area contributed by atoms with Gasteiger partial charge in [0.15, 0.2) is 0 Å². The Morgan fingerprint density at radius 3 is 2.71 bits per heavy atom. The Labute approximate surface area is 125 Å². The van der Waals surface area contributed by atoms with E-state index in [1.807, 2.05) is 0 Å². The average Bonchev–Trinajstić information content (AvgIpc) is 2.92. The van der Waals surface area contributed by atoms with Gasteiger partial charge >= 0.3 is 0 Å². The van der Waals surface area contributed by atoms with E-state index in [2.05, 4.69) is 4.72 Å². The smallest absolute Gasteiger partial charge is 0.240 e. The second-order valence-electron chi connectivity index (χ2n) is 5.06. The van der Waals surface area contributed by atoms with Crippen molar-refractivity contribution in [2.75, 3.05) is 14.2 Å². The van der Waals surface area contributed by atoms with E-state index in [9.17, 15) is 13.5 Å². The molecular weight excluding hydrogens is 294 g/mol. The zero-order chi connectivity index (χ0) is 15.5. The van der Waals surface area contributed by atoms with Crippen molar-refractivity contribution in [3.8, 4) is 5.75 Å². The van der Waals surface area contributed by atoms with E-state index in [1.54, 1.807) is 13.2 Å². The number of methoxy groups -OCH3 is 2. The summed E-state index contributed by atoms with van der Waals surface area (Å²) < 4.78 is 37.9. The van der Waals surface area contributed by atoms with Crippen molar-refractivity contribution in [3.05, 3.63) is 23.8 Å². The number of rotatable bonds is 6. The molecular formula is C14H21NO5S. The monoisotopic (exact) mass is 315 g/mol. The minimum Gasteiger partial charge on any atom is -0.496 e. The van der Waals surface area contributed by atoms with E-state index in [0.29, 0.717) is 11.3 Å². The van der Waals surface area contributed by atoms with Gasteiger partial charge in [-0.25, -0.2) is 13.1 Å². The van der Waals surface area contributed by atoms with Gasteiger partial charge in [-0.1, -0.05) is 0 Å². The van der Waals surface area contributed by atoms with E-state index < -0.39 is 10.0 Å². The van der Waals surface area contributed by atoms with Crippen LogP contribution in [0.4, 0.5) is 0 Å². The molecule has 0 radical (unpaired) electrons. The molecule has 0 saturated heterocycles. The van der Waals surface area contributed by atoms with Gasteiger partial charge in [0, 0.05) is 18.7 Å². The maximum Gasteiger partial charge on any atom is 0.240 e. The minimum atomic E-state index is -3.64. The summed E-state index contributed by atoms with van der Waals surface area (Å²) in [5.74, 6) is 0.465. The third kappa shape index (κ3) is 3.55. The molecule has 0 spiro atoms. The van der Waals surface area contributed by atoms with Gasteiger partial charge < -0.3 is 14.6 Å². The van der Waals surface area contributed by atoms with E-state index in [0.717, 1.165) is 19.3 Å². The van der Waals surface area contributed by atoms with Crippen LogP contribution in [0.1, 0.15) is 24.8 Å². The van der Waals surface area contributed by atoms with Gasteiger partial charge in [0.25, 0.3) is 0 Å². The van der Waals surface area contributed by atoms with Crippen molar-refractivity contribution < 1.29 is 23.0 Å².